The number of aryl methyl sites for hydroxylation is 1. The average molecular weight is 339 g/mol. The molecule has 2 rings (SSSR count). The van der Waals surface area contributed by atoms with Gasteiger partial charge in [0.05, 0.1) is 33.7 Å². The normalized spacial score (nSPS) is 10.6. The van der Waals surface area contributed by atoms with Gasteiger partial charge in [-0.15, -0.1) is 0 Å². The fourth-order valence-electron chi connectivity index (χ4n) is 1.85. The molecule has 0 aliphatic rings. The summed E-state index contributed by atoms with van der Waals surface area (Å²) in [7, 11) is 0. The van der Waals surface area contributed by atoms with E-state index in [2.05, 4.69) is 26.0 Å². The highest BCUT2D eigenvalue weighted by Crippen LogP contribution is 2.26. The zero-order valence-corrected chi connectivity index (χ0v) is 13.1. The first-order valence-electron chi connectivity index (χ1n) is 6.11. The molecule has 7 heteroatoms. The predicted molar refractivity (Wildman–Crippen MR) is 78.9 cm³/mol. The van der Waals surface area contributed by atoms with E-state index in [4.69, 9.17) is 10.5 Å². The van der Waals surface area contributed by atoms with Gasteiger partial charge in [-0.3, -0.25) is 0 Å². The van der Waals surface area contributed by atoms with E-state index in [0.717, 1.165) is 15.9 Å². The van der Waals surface area contributed by atoms with E-state index >= 15 is 0 Å². The highest BCUT2D eigenvalue weighted by atomic mass is 79.9. The van der Waals surface area contributed by atoms with Crippen LogP contribution < -0.4 is 5.73 Å². The maximum atomic E-state index is 11.8. The van der Waals surface area contributed by atoms with Gasteiger partial charge in [-0.05, 0) is 42.8 Å². The lowest BCUT2D eigenvalue weighted by Gasteiger charge is -2.10. The van der Waals surface area contributed by atoms with Gasteiger partial charge in [0.25, 0.3) is 0 Å². The molecule has 0 amide bonds. The summed E-state index contributed by atoms with van der Waals surface area (Å²) in [5, 5.41) is 4.36. The third-order valence-electron chi connectivity index (χ3n) is 2.87. The summed E-state index contributed by atoms with van der Waals surface area (Å²) < 4.78 is 7.47. The molecule has 0 atom stereocenters. The van der Waals surface area contributed by atoms with Crippen molar-refractivity contribution in [2.24, 2.45) is 0 Å². The molecular formula is C13H15BrN4O2. The Kier molecular flexibility index (Phi) is 4.08. The monoisotopic (exact) mass is 338 g/mol. The molecule has 6 nitrogen and oxygen atoms in total. The molecule has 0 aromatic carbocycles. The van der Waals surface area contributed by atoms with Crippen molar-refractivity contribution in [2.45, 2.75) is 20.8 Å². The Labute approximate surface area is 125 Å². The molecule has 2 heterocycles. The summed E-state index contributed by atoms with van der Waals surface area (Å²) in [5.74, 6) is -0.0453. The number of pyridine rings is 1. The molecule has 2 aromatic heterocycles. The van der Waals surface area contributed by atoms with Gasteiger partial charge in [0.15, 0.2) is 5.82 Å². The van der Waals surface area contributed by atoms with Crippen LogP contribution in [0.25, 0.3) is 5.82 Å². The first kappa shape index (κ1) is 14.5. The van der Waals surface area contributed by atoms with E-state index in [0.29, 0.717) is 18.0 Å². The SMILES string of the molecule is CCOC(=O)c1ccnc(-n2nc(C)c(Br)c2C)c1N. The first-order valence-corrected chi connectivity index (χ1v) is 6.90. The van der Waals surface area contributed by atoms with Gasteiger partial charge in [0.2, 0.25) is 0 Å². The number of hydrogen-bond donors (Lipinski definition) is 1. The molecular weight excluding hydrogens is 324 g/mol. The smallest absolute Gasteiger partial charge is 0.340 e. The molecule has 2 aromatic rings. The number of nitrogen functional groups attached to an aromatic ring is 1. The van der Waals surface area contributed by atoms with Gasteiger partial charge in [-0.1, -0.05) is 0 Å². The van der Waals surface area contributed by atoms with Crippen LogP contribution in [0.3, 0.4) is 0 Å². The molecule has 0 saturated carbocycles. The first-order chi connectivity index (χ1) is 9.47. The van der Waals surface area contributed by atoms with Gasteiger partial charge < -0.3 is 10.5 Å². The summed E-state index contributed by atoms with van der Waals surface area (Å²) >= 11 is 3.45. The molecule has 0 aliphatic carbocycles. The number of esters is 1. The van der Waals surface area contributed by atoms with Crippen LogP contribution in [0.4, 0.5) is 5.69 Å². The largest absolute Gasteiger partial charge is 0.462 e. The number of nitrogens with two attached hydrogens (primary N) is 1. The summed E-state index contributed by atoms with van der Waals surface area (Å²) in [6, 6.07) is 1.54. The highest BCUT2D eigenvalue weighted by molar-refractivity contribution is 9.10. The zero-order valence-electron chi connectivity index (χ0n) is 11.5. The lowest BCUT2D eigenvalue weighted by Crippen LogP contribution is -2.13. The van der Waals surface area contributed by atoms with Crippen LogP contribution in [0.15, 0.2) is 16.7 Å². The predicted octanol–water partition coefficient (Wildman–Crippen LogP) is 2.41. The summed E-state index contributed by atoms with van der Waals surface area (Å²) in [6.45, 7) is 5.80. The van der Waals surface area contributed by atoms with Crippen LogP contribution >= 0.6 is 15.9 Å². The summed E-state index contributed by atoms with van der Waals surface area (Å²) in [5.41, 5.74) is 8.27. The molecule has 2 N–H and O–H groups in total. The number of halogens is 1. The van der Waals surface area contributed by atoms with Gasteiger partial charge >= 0.3 is 5.97 Å². The number of ether oxygens (including phenoxy) is 1. The Hall–Kier alpha value is -1.89. The summed E-state index contributed by atoms with van der Waals surface area (Å²) in [4.78, 5) is 16.1. The van der Waals surface area contributed by atoms with Gasteiger partial charge in [0, 0.05) is 6.20 Å². The zero-order chi connectivity index (χ0) is 14.9. The van der Waals surface area contributed by atoms with Gasteiger partial charge in [-0.2, -0.15) is 5.10 Å². The van der Waals surface area contributed by atoms with Crippen molar-refractivity contribution in [3.63, 3.8) is 0 Å². The third-order valence-corrected chi connectivity index (χ3v) is 4.02. The van der Waals surface area contributed by atoms with Crippen molar-refractivity contribution in [3.8, 4) is 5.82 Å². The van der Waals surface area contributed by atoms with Gasteiger partial charge in [-0.25, -0.2) is 14.5 Å². The second-order valence-corrected chi connectivity index (χ2v) is 5.01. The number of carbonyl (C=O) groups is 1. The molecule has 0 aliphatic heterocycles. The number of nitrogens with zero attached hydrogens (tertiary/aromatic N) is 3. The number of hydrogen-bond acceptors (Lipinski definition) is 5. The van der Waals surface area contributed by atoms with E-state index in [1.165, 1.54) is 12.3 Å². The van der Waals surface area contributed by atoms with Crippen molar-refractivity contribution < 1.29 is 9.53 Å². The van der Waals surface area contributed by atoms with Crippen molar-refractivity contribution in [2.75, 3.05) is 12.3 Å². The quantitative estimate of drug-likeness (QED) is 0.869. The standard InChI is InChI=1S/C13H15BrN4O2/c1-4-20-13(19)9-5-6-16-12(11(9)15)18-8(3)10(14)7(2)17-18/h5-6H,4,15H2,1-3H3. The van der Waals surface area contributed by atoms with E-state index in [1.807, 2.05) is 13.8 Å². The van der Waals surface area contributed by atoms with E-state index in [9.17, 15) is 4.79 Å². The maximum absolute atomic E-state index is 11.8. The van der Waals surface area contributed by atoms with Crippen molar-refractivity contribution in [3.05, 3.63) is 33.7 Å². The molecule has 0 unspecified atom stereocenters. The molecule has 20 heavy (non-hydrogen) atoms. The molecule has 0 fully saturated rings. The van der Waals surface area contributed by atoms with E-state index in [1.54, 1.807) is 11.6 Å². The number of aromatic nitrogens is 3. The Morgan fingerprint density at radius 1 is 1.50 bits per heavy atom. The van der Waals surface area contributed by atoms with E-state index < -0.39 is 5.97 Å². The number of anilines is 1. The van der Waals surface area contributed by atoms with Crippen molar-refractivity contribution >= 4 is 27.6 Å². The topological polar surface area (TPSA) is 83.0 Å². The maximum Gasteiger partial charge on any atom is 0.340 e. The van der Waals surface area contributed by atoms with Crippen LogP contribution in [-0.4, -0.2) is 27.3 Å². The third kappa shape index (κ3) is 2.40. The Morgan fingerprint density at radius 2 is 2.20 bits per heavy atom. The minimum Gasteiger partial charge on any atom is -0.462 e. The number of rotatable bonds is 3. The van der Waals surface area contributed by atoms with Crippen LogP contribution in [0.2, 0.25) is 0 Å². The van der Waals surface area contributed by atoms with E-state index in [-0.39, 0.29) is 5.69 Å². The Bertz CT molecular complexity index is 667. The lowest BCUT2D eigenvalue weighted by atomic mass is 10.2. The van der Waals surface area contributed by atoms with Gasteiger partial charge in [0.1, 0.15) is 0 Å². The fourth-order valence-corrected chi connectivity index (χ4v) is 2.09. The summed E-state index contributed by atoms with van der Waals surface area (Å²) in [6.07, 6.45) is 1.52. The van der Waals surface area contributed by atoms with Crippen LogP contribution in [0.1, 0.15) is 28.7 Å². The molecule has 0 spiro atoms. The molecule has 0 radical (unpaired) electrons. The minimum absolute atomic E-state index is 0.254. The van der Waals surface area contributed by atoms with Crippen LogP contribution in [0.5, 0.6) is 0 Å². The highest BCUT2D eigenvalue weighted by Gasteiger charge is 2.19. The Morgan fingerprint density at radius 3 is 2.75 bits per heavy atom. The second kappa shape index (κ2) is 5.62. The van der Waals surface area contributed by atoms with Crippen LogP contribution in [-0.2, 0) is 4.74 Å². The Balaban J connectivity index is 2.56. The molecule has 0 saturated heterocycles. The van der Waals surface area contributed by atoms with Crippen LogP contribution in [0, 0.1) is 13.8 Å². The minimum atomic E-state index is -0.464. The second-order valence-electron chi connectivity index (χ2n) is 4.21. The lowest BCUT2D eigenvalue weighted by molar-refractivity contribution is 0.0527. The molecule has 106 valence electrons. The number of carbonyl (C=O) groups excluding carboxylic acids is 1. The van der Waals surface area contributed by atoms with Crippen molar-refractivity contribution in [1.29, 1.82) is 0 Å². The average Bonchev–Trinajstić information content (AvgIpc) is 2.67. The molecule has 0 bridgehead atoms. The fraction of sp³-hybridized carbons (Fsp3) is 0.308. The van der Waals surface area contributed by atoms with Crippen molar-refractivity contribution in [1.82, 2.24) is 14.8 Å².